The van der Waals surface area contributed by atoms with Crippen molar-refractivity contribution in [3.05, 3.63) is 52.7 Å². The smallest absolute Gasteiger partial charge is 0.0523 e. The molecular formula is C17H22N2S. The first-order valence-corrected chi connectivity index (χ1v) is 8.34. The van der Waals surface area contributed by atoms with Crippen molar-refractivity contribution in [3.63, 3.8) is 0 Å². The van der Waals surface area contributed by atoms with Crippen molar-refractivity contribution < 1.29 is 0 Å². The fourth-order valence-electron chi connectivity index (χ4n) is 2.80. The van der Waals surface area contributed by atoms with Gasteiger partial charge in [0.2, 0.25) is 0 Å². The molecule has 0 atom stereocenters. The molecule has 0 amide bonds. The van der Waals surface area contributed by atoms with Crippen LogP contribution in [0.25, 0.3) is 0 Å². The Morgan fingerprint density at radius 1 is 1.00 bits per heavy atom. The highest BCUT2D eigenvalue weighted by Crippen LogP contribution is 2.19. The zero-order chi connectivity index (χ0) is 13.6. The van der Waals surface area contributed by atoms with Crippen LogP contribution in [0, 0.1) is 0 Å². The zero-order valence-corrected chi connectivity index (χ0v) is 12.7. The van der Waals surface area contributed by atoms with Crippen LogP contribution in [-0.4, -0.2) is 31.1 Å². The molecule has 0 spiro atoms. The molecule has 1 saturated heterocycles. The van der Waals surface area contributed by atoms with E-state index in [0.717, 1.165) is 13.1 Å². The van der Waals surface area contributed by atoms with Gasteiger partial charge in [-0.3, -0.25) is 0 Å². The molecule has 106 valence electrons. The lowest BCUT2D eigenvalue weighted by Gasteiger charge is -2.27. The first kappa shape index (κ1) is 13.7. The van der Waals surface area contributed by atoms with E-state index in [1.54, 1.807) is 0 Å². The molecule has 0 unspecified atom stereocenters. The number of thiophene rings is 1. The molecule has 0 bridgehead atoms. The molecule has 2 heterocycles. The molecule has 1 aliphatic rings. The number of benzene rings is 1. The molecule has 3 heteroatoms. The average Bonchev–Trinajstić information content (AvgIpc) is 3.18. The predicted octanol–water partition coefficient (Wildman–Crippen LogP) is 3.85. The molecule has 2 nitrogen and oxygen atoms in total. The third-order valence-corrected chi connectivity index (χ3v) is 4.79. The molecule has 1 aromatic heterocycles. The summed E-state index contributed by atoms with van der Waals surface area (Å²) >= 11 is 1.85. The Bertz CT molecular complexity index is 489. The third-order valence-electron chi connectivity index (χ3n) is 3.93. The number of nitrogens with zero attached hydrogens (tertiary/aromatic N) is 2. The van der Waals surface area contributed by atoms with Crippen LogP contribution in [-0.2, 0) is 6.54 Å². The summed E-state index contributed by atoms with van der Waals surface area (Å²) in [5, 5.41) is 2.17. The average molecular weight is 286 g/mol. The van der Waals surface area contributed by atoms with Crippen LogP contribution in [0.5, 0.6) is 0 Å². The number of rotatable bonds is 6. The molecule has 0 radical (unpaired) electrons. The lowest BCUT2D eigenvalue weighted by atomic mass is 10.2. The van der Waals surface area contributed by atoms with E-state index in [1.165, 1.54) is 43.0 Å². The van der Waals surface area contributed by atoms with E-state index in [4.69, 9.17) is 0 Å². The summed E-state index contributed by atoms with van der Waals surface area (Å²) in [6, 6.07) is 15.2. The molecule has 3 rings (SSSR count). The largest absolute Gasteiger partial charge is 0.365 e. The quantitative estimate of drug-likeness (QED) is 0.796. The van der Waals surface area contributed by atoms with Gasteiger partial charge in [-0.15, -0.1) is 11.3 Å². The first-order chi connectivity index (χ1) is 9.92. The van der Waals surface area contributed by atoms with E-state index < -0.39 is 0 Å². The molecule has 1 fully saturated rings. The fraction of sp³-hybridized carbons (Fsp3) is 0.412. The van der Waals surface area contributed by atoms with Gasteiger partial charge in [-0.1, -0.05) is 24.3 Å². The van der Waals surface area contributed by atoms with Crippen molar-refractivity contribution in [1.82, 2.24) is 4.90 Å². The Hall–Kier alpha value is -1.32. The van der Waals surface area contributed by atoms with Crippen LogP contribution < -0.4 is 4.90 Å². The molecule has 0 N–H and O–H groups in total. The molecule has 1 aliphatic heterocycles. The van der Waals surface area contributed by atoms with E-state index in [1.807, 2.05) is 11.3 Å². The van der Waals surface area contributed by atoms with E-state index in [-0.39, 0.29) is 0 Å². The summed E-state index contributed by atoms with van der Waals surface area (Å²) in [5.74, 6) is 0. The second-order valence-electron chi connectivity index (χ2n) is 5.39. The zero-order valence-electron chi connectivity index (χ0n) is 11.9. The molecule has 2 aromatic rings. The van der Waals surface area contributed by atoms with Gasteiger partial charge in [0.1, 0.15) is 0 Å². The summed E-state index contributed by atoms with van der Waals surface area (Å²) in [7, 11) is 0. The van der Waals surface area contributed by atoms with E-state index in [2.05, 4.69) is 57.6 Å². The molecule has 20 heavy (non-hydrogen) atoms. The number of likely N-dealkylation sites (tertiary alicyclic amines) is 1. The Labute approximate surface area is 125 Å². The van der Waals surface area contributed by atoms with Crippen molar-refractivity contribution in [2.45, 2.75) is 19.4 Å². The van der Waals surface area contributed by atoms with Crippen LogP contribution in [0.2, 0.25) is 0 Å². The minimum atomic E-state index is 1.02. The fourth-order valence-corrected chi connectivity index (χ4v) is 3.52. The SMILES string of the molecule is c1ccc(N(CCN2CCCC2)Cc2cccs2)cc1. The van der Waals surface area contributed by atoms with Crippen molar-refractivity contribution in [2.75, 3.05) is 31.1 Å². The topological polar surface area (TPSA) is 6.48 Å². The van der Waals surface area contributed by atoms with Crippen LogP contribution >= 0.6 is 11.3 Å². The van der Waals surface area contributed by atoms with Gasteiger partial charge in [0, 0.05) is 23.7 Å². The van der Waals surface area contributed by atoms with Crippen LogP contribution in [0.1, 0.15) is 17.7 Å². The minimum Gasteiger partial charge on any atom is -0.365 e. The molecule has 0 aliphatic carbocycles. The lowest BCUT2D eigenvalue weighted by molar-refractivity contribution is 0.344. The highest BCUT2D eigenvalue weighted by atomic mass is 32.1. The standard InChI is InChI=1S/C17H22N2S/c1-2-7-16(8-3-1)19(15-17-9-6-14-20-17)13-12-18-10-4-5-11-18/h1-3,6-9,14H,4-5,10-13,15H2. The Balaban J connectivity index is 1.66. The summed E-state index contributed by atoms with van der Waals surface area (Å²) in [5.41, 5.74) is 1.33. The van der Waals surface area contributed by atoms with Crippen LogP contribution in [0.4, 0.5) is 5.69 Å². The second-order valence-corrected chi connectivity index (χ2v) is 6.42. The highest BCUT2D eigenvalue weighted by molar-refractivity contribution is 7.09. The van der Waals surface area contributed by atoms with E-state index in [9.17, 15) is 0 Å². The Morgan fingerprint density at radius 2 is 1.80 bits per heavy atom. The number of para-hydroxylation sites is 1. The second kappa shape index (κ2) is 6.91. The number of hydrogen-bond donors (Lipinski definition) is 0. The van der Waals surface area contributed by atoms with Gasteiger partial charge in [-0.05, 0) is 49.5 Å². The van der Waals surface area contributed by atoms with Gasteiger partial charge < -0.3 is 9.80 Å². The number of anilines is 1. The van der Waals surface area contributed by atoms with Gasteiger partial charge in [-0.25, -0.2) is 0 Å². The van der Waals surface area contributed by atoms with Crippen molar-refractivity contribution in [1.29, 1.82) is 0 Å². The number of hydrogen-bond acceptors (Lipinski definition) is 3. The molecule has 1 aromatic carbocycles. The van der Waals surface area contributed by atoms with Crippen LogP contribution in [0.3, 0.4) is 0 Å². The maximum absolute atomic E-state index is 2.59. The lowest BCUT2D eigenvalue weighted by Crippen LogP contribution is -2.33. The summed E-state index contributed by atoms with van der Waals surface area (Å²) in [4.78, 5) is 6.53. The van der Waals surface area contributed by atoms with Gasteiger partial charge in [0.15, 0.2) is 0 Å². The minimum absolute atomic E-state index is 1.02. The summed E-state index contributed by atoms with van der Waals surface area (Å²) in [6.07, 6.45) is 2.74. The molecule has 0 saturated carbocycles. The van der Waals surface area contributed by atoms with Gasteiger partial charge in [0.25, 0.3) is 0 Å². The predicted molar refractivity (Wildman–Crippen MR) is 87.5 cm³/mol. The highest BCUT2D eigenvalue weighted by Gasteiger charge is 2.14. The maximum atomic E-state index is 2.59. The first-order valence-electron chi connectivity index (χ1n) is 7.46. The third kappa shape index (κ3) is 3.62. The van der Waals surface area contributed by atoms with Crippen LogP contribution in [0.15, 0.2) is 47.8 Å². The normalized spacial score (nSPS) is 15.6. The van der Waals surface area contributed by atoms with Gasteiger partial charge in [-0.2, -0.15) is 0 Å². The monoisotopic (exact) mass is 286 g/mol. The van der Waals surface area contributed by atoms with Crippen molar-refractivity contribution in [3.8, 4) is 0 Å². The summed E-state index contributed by atoms with van der Waals surface area (Å²) in [6.45, 7) is 5.88. The Kier molecular flexibility index (Phi) is 4.72. The van der Waals surface area contributed by atoms with Gasteiger partial charge in [0.05, 0.1) is 6.54 Å². The van der Waals surface area contributed by atoms with E-state index >= 15 is 0 Å². The van der Waals surface area contributed by atoms with Gasteiger partial charge >= 0.3 is 0 Å². The summed E-state index contributed by atoms with van der Waals surface area (Å²) < 4.78 is 0. The van der Waals surface area contributed by atoms with Crippen molar-refractivity contribution >= 4 is 17.0 Å². The Morgan fingerprint density at radius 3 is 2.50 bits per heavy atom. The van der Waals surface area contributed by atoms with E-state index in [0.29, 0.717) is 0 Å². The van der Waals surface area contributed by atoms with Crippen molar-refractivity contribution in [2.24, 2.45) is 0 Å². The molecular weight excluding hydrogens is 264 g/mol. The maximum Gasteiger partial charge on any atom is 0.0523 e.